The Bertz CT molecular complexity index is 2430. The average molecular weight is 757 g/mol. The monoisotopic (exact) mass is 756 g/mol. The molecule has 0 radical (unpaired) electrons. The third-order valence-corrected chi connectivity index (χ3v) is 9.98. The van der Waals surface area contributed by atoms with Crippen LogP contribution in [0.3, 0.4) is 0 Å². The number of carbonyl (C=O) groups is 3. The summed E-state index contributed by atoms with van der Waals surface area (Å²) >= 11 is 6.30. The molecule has 55 heavy (non-hydrogen) atoms. The van der Waals surface area contributed by atoms with Crippen molar-refractivity contribution < 1.29 is 23.5 Å². The number of pyridine rings is 1. The molecule has 0 atom stereocenters. The van der Waals surface area contributed by atoms with Crippen molar-refractivity contribution in [1.29, 1.82) is 0 Å². The minimum Gasteiger partial charge on any atom is -0.455 e. The van der Waals surface area contributed by atoms with Gasteiger partial charge in [0.05, 0.1) is 16.9 Å². The Labute approximate surface area is 322 Å². The summed E-state index contributed by atoms with van der Waals surface area (Å²) < 4.78 is 23.6. The molecule has 9 nitrogen and oxygen atoms in total. The first-order valence-electron chi connectivity index (χ1n) is 18.1. The summed E-state index contributed by atoms with van der Waals surface area (Å²) in [5, 5.41) is 3.14. The zero-order valence-electron chi connectivity index (χ0n) is 30.1. The molecule has 2 amide bonds. The Hall–Kier alpha value is -6.26. The second-order valence-corrected chi connectivity index (χ2v) is 13.7. The zero-order chi connectivity index (χ0) is 38.5. The molecule has 11 heteroatoms. The zero-order valence-corrected chi connectivity index (χ0v) is 30.9. The smallest absolute Gasteiger partial charge is 0.261 e. The van der Waals surface area contributed by atoms with Gasteiger partial charge in [-0.3, -0.25) is 19.2 Å². The van der Waals surface area contributed by atoms with Crippen molar-refractivity contribution in [3.8, 4) is 11.5 Å². The molecule has 0 bridgehead atoms. The number of hydrogen-bond acceptors (Lipinski definition) is 6. The molecular formula is C44H38ClFN4O5. The molecule has 1 aromatic heterocycles. The molecule has 278 valence electrons. The molecule has 7 rings (SSSR count). The number of rotatable bonds is 11. The highest BCUT2D eigenvalue weighted by molar-refractivity contribution is 6.31. The SMILES string of the molecule is CCn1cc(C(=O)Nc2cc(Cl)ccc2Oc2ccc(C(=O)c3ccccc3)cc2)c(=O)c2cc(F)c(N3CCN(C(=O)CCc4ccccc4)CC3)cc21. The number of nitrogens with one attached hydrogen (secondary N) is 1. The Morgan fingerprint density at radius 2 is 1.49 bits per heavy atom. The molecule has 1 aliphatic rings. The van der Waals surface area contributed by atoms with Crippen LogP contribution in [-0.2, 0) is 17.8 Å². The topological polar surface area (TPSA) is 101 Å². The fourth-order valence-corrected chi connectivity index (χ4v) is 6.92. The van der Waals surface area contributed by atoms with Gasteiger partial charge in [0.1, 0.15) is 17.1 Å². The predicted molar refractivity (Wildman–Crippen MR) is 213 cm³/mol. The number of fused-ring (bicyclic) bond motifs is 1. The Kier molecular flexibility index (Phi) is 11.1. The van der Waals surface area contributed by atoms with Crippen LogP contribution >= 0.6 is 11.6 Å². The normalized spacial score (nSPS) is 12.8. The number of anilines is 2. The molecule has 1 aliphatic heterocycles. The standard InChI is InChI=1S/C44H38ClFN4O5/c1-2-48-28-35(44(54)47-37-25-32(45)16-19-40(37)55-33-17-14-31(15-18-33)42(52)30-11-7-4-8-12-30)43(53)34-26-36(46)39(27-38(34)48)49-21-23-50(24-22-49)41(51)20-13-29-9-5-3-6-10-29/h3-12,14-19,25-28H,2,13,20-24H2,1H3,(H,47,54). The lowest BCUT2D eigenvalue weighted by molar-refractivity contribution is -0.131. The minimum absolute atomic E-state index is 0.0652. The van der Waals surface area contributed by atoms with E-state index in [1.165, 1.54) is 18.3 Å². The van der Waals surface area contributed by atoms with Crippen LogP contribution < -0.4 is 20.4 Å². The lowest BCUT2D eigenvalue weighted by Crippen LogP contribution is -2.49. The lowest BCUT2D eigenvalue weighted by atomic mass is 10.0. The molecule has 0 saturated carbocycles. The summed E-state index contributed by atoms with van der Waals surface area (Å²) in [5.41, 5.74) is 2.39. The van der Waals surface area contributed by atoms with Crippen molar-refractivity contribution in [3.63, 3.8) is 0 Å². The third-order valence-electron chi connectivity index (χ3n) is 9.75. The van der Waals surface area contributed by atoms with Gasteiger partial charge in [-0.15, -0.1) is 0 Å². The number of aromatic nitrogens is 1. The number of aryl methyl sites for hydroxylation is 2. The summed E-state index contributed by atoms with van der Waals surface area (Å²) in [7, 11) is 0. The highest BCUT2D eigenvalue weighted by Crippen LogP contribution is 2.33. The number of nitrogens with zero attached hydrogens (tertiary/aromatic N) is 3. The summed E-state index contributed by atoms with van der Waals surface area (Å²) in [6.07, 6.45) is 2.54. The maximum Gasteiger partial charge on any atom is 0.261 e. The van der Waals surface area contributed by atoms with E-state index in [4.69, 9.17) is 16.3 Å². The van der Waals surface area contributed by atoms with Gasteiger partial charge in [0.2, 0.25) is 11.3 Å². The second kappa shape index (κ2) is 16.4. The fourth-order valence-electron chi connectivity index (χ4n) is 6.75. The predicted octanol–water partition coefficient (Wildman–Crippen LogP) is 8.37. The molecule has 1 fully saturated rings. The van der Waals surface area contributed by atoms with Gasteiger partial charge in [-0.05, 0) is 73.5 Å². The molecule has 1 N–H and O–H groups in total. The van der Waals surface area contributed by atoms with Crippen molar-refractivity contribution in [1.82, 2.24) is 9.47 Å². The maximum absolute atomic E-state index is 15.8. The van der Waals surface area contributed by atoms with Crippen LogP contribution in [-0.4, -0.2) is 53.2 Å². The molecular weight excluding hydrogens is 719 g/mol. The number of carbonyl (C=O) groups excluding carboxylic acids is 3. The van der Waals surface area contributed by atoms with Crippen LogP contribution in [0, 0.1) is 5.82 Å². The van der Waals surface area contributed by atoms with Gasteiger partial charge in [0.25, 0.3) is 5.91 Å². The average Bonchev–Trinajstić information content (AvgIpc) is 3.22. The van der Waals surface area contributed by atoms with E-state index in [9.17, 15) is 19.2 Å². The number of halogens is 2. The largest absolute Gasteiger partial charge is 0.455 e. The van der Waals surface area contributed by atoms with Gasteiger partial charge in [0.15, 0.2) is 11.5 Å². The van der Waals surface area contributed by atoms with E-state index in [-0.39, 0.29) is 34.1 Å². The number of ether oxygens (including phenoxy) is 1. The summed E-state index contributed by atoms with van der Waals surface area (Å²) in [4.78, 5) is 57.0. The van der Waals surface area contributed by atoms with Gasteiger partial charge < -0.3 is 24.4 Å². The van der Waals surface area contributed by atoms with Crippen LogP contribution in [0.1, 0.15) is 45.2 Å². The molecule has 6 aromatic rings. The summed E-state index contributed by atoms with van der Waals surface area (Å²) in [6.45, 7) is 4.07. The Morgan fingerprint density at radius 1 is 0.818 bits per heavy atom. The second-order valence-electron chi connectivity index (χ2n) is 13.2. The van der Waals surface area contributed by atoms with Crippen molar-refractivity contribution in [3.05, 3.63) is 165 Å². The molecule has 0 aliphatic carbocycles. The molecule has 5 aromatic carbocycles. The van der Waals surface area contributed by atoms with Crippen molar-refractivity contribution in [2.75, 3.05) is 36.4 Å². The minimum atomic E-state index is -0.720. The van der Waals surface area contributed by atoms with E-state index < -0.39 is 17.2 Å². The van der Waals surface area contributed by atoms with Crippen LogP contribution in [0.4, 0.5) is 15.8 Å². The van der Waals surface area contributed by atoms with E-state index in [0.717, 1.165) is 5.56 Å². The molecule has 0 spiro atoms. The van der Waals surface area contributed by atoms with Gasteiger partial charge >= 0.3 is 0 Å². The van der Waals surface area contributed by atoms with E-state index in [1.807, 2.05) is 53.1 Å². The highest BCUT2D eigenvalue weighted by Gasteiger charge is 2.25. The number of piperazine rings is 1. The van der Waals surface area contributed by atoms with Crippen LogP contribution in [0.5, 0.6) is 11.5 Å². The van der Waals surface area contributed by atoms with Gasteiger partial charge in [-0.25, -0.2) is 4.39 Å². The van der Waals surface area contributed by atoms with Crippen LogP contribution in [0.25, 0.3) is 10.9 Å². The van der Waals surface area contributed by atoms with Gasteiger partial charge in [0, 0.05) is 66.9 Å². The van der Waals surface area contributed by atoms with Crippen molar-refractivity contribution >= 4 is 51.5 Å². The van der Waals surface area contributed by atoms with Crippen molar-refractivity contribution in [2.45, 2.75) is 26.3 Å². The summed E-state index contributed by atoms with van der Waals surface area (Å²) in [6, 6.07) is 32.9. The number of amides is 2. The maximum atomic E-state index is 15.8. The van der Waals surface area contributed by atoms with Crippen molar-refractivity contribution in [2.24, 2.45) is 0 Å². The third kappa shape index (κ3) is 8.29. The molecule has 1 saturated heterocycles. The quantitative estimate of drug-likeness (QED) is 0.133. The summed E-state index contributed by atoms with van der Waals surface area (Å²) in [5.74, 6) is -0.709. The van der Waals surface area contributed by atoms with Gasteiger partial charge in [-0.1, -0.05) is 72.3 Å². The first-order chi connectivity index (χ1) is 26.7. The van der Waals surface area contributed by atoms with Crippen LogP contribution in [0.15, 0.2) is 126 Å². The number of hydrogen-bond donors (Lipinski definition) is 1. The van der Waals surface area contributed by atoms with Crippen LogP contribution in [0.2, 0.25) is 5.02 Å². The first kappa shape index (κ1) is 37.1. The van der Waals surface area contributed by atoms with E-state index in [1.54, 1.807) is 71.3 Å². The Morgan fingerprint density at radius 3 is 2.18 bits per heavy atom. The number of ketones is 1. The highest BCUT2D eigenvalue weighted by atomic mass is 35.5. The molecule has 0 unspecified atom stereocenters. The van der Waals surface area contributed by atoms with E-state index in [0.29, 0.717) is 78.7 Å². The first-order valence-corrected chi connectivity index (χ1v) is 18.5. The van der Waals surface area contributed by atoms with Gasteiger partial charge in [-0.2, -0.15) is 0 Å². The number of benzene rings is 5. The molecule has 2 heterocycles. The Balaban J connectivity index is 1.07. The lowest BCUT2D eigenvalue weighted by Gasteiger charge is -2.36. The van der Waals surface area contributed by atoms with E-state index in [2.05, 4.69) is 5.32 Å². The van der Waals surface area contributed by atoms with E-state index >= 15 is 4.39 Å². The fraction of sp³-hybridized carbons (Fsp3) is 0.182.